The fraction of sp³-hybridized carbons (Fsp3) is 0.0769. The van der Waals surface area contributed by atoms with Crippen LogP contribution in [0.5, 0.6) is 11.5 Å². The quantitative estimate of drug-likeness (QED) is 0.856. The maximum absolute atomic E-state index is 11.0. The minimum Gasteiger partial charge on any atom is -0.476 e. The van der Waals surface area contributed by atoms with Gasteiger partial charge >= 0.3 is 5.97 Å². The van der Waals surface area contributed by atoms with Gasteiger partial charge in [0.25, 0.3) is 0 Å². The van der Waals surface area contributed by atoms with Crippen molar-refractivity contribution in [2.45, 2.75) is 4.90 Å². The molecule has 0 aliphatic heterocycles. The molecule has 1 N–H and O–H groups in total. The number of aromatic nitrogens is 1. The molecule has 18 heavy (non-hydrogen) atoms. The third kappa shape index (κ3) is 2.81. The summed E-state index contributed by atoms with van der Waals surface area (Å²) in [6, 6.07) is 10.6. The Morgan fingerprint density at radius 2 is 2.00 bits per heavy atom. The van der Waals surface area contributed by atoms with Gasteiger partial charge in [-0.05, 0) is 42.7 Å². The average molecular weight is 261 g/mol. The van der Waals surface area contributed by atoms with E-state index < -0.39 is 5.97 Å². The molecule has 2 aromatic rings. The highest BCUT2D eigenvalue weighted by molar-refractivity contribution is 7.98. The molecule has 0 unspecified atom stereocenters. The minimum absolute atomic E-state index is 0.0913. The molecule has 4 nitrogen and oxygen atoms in total. The zero-order valence-corrected chi connectivity index (χ0v) is 10.5. The van der Waals surface area contributed by atoms with Gasteiger partial charge < -0.3 is 9.84 Å². The molecule has 1 aromatic carbocycles. The summed E-state index contributed by atoms with van der Waals surface area (Å²) in [6.45, 7) is 0. The first-order valence-corrected chi connectivity index (χ1v) is 6.43. The summed E-state index contributed by atoms with van der Waals surface area (Å²) < 4.78 is 5.52. The third-order valence-corrected chi connectivity index (χ3v) is 3.00. The molecule has 0 fully saturated rings. The molecule has 0 radical (unpaired) electrons. The maximum atomic E-state index is 11.0. The van der Waals surface area contributed by atoms with E-state index in [1.54, 1.807) is 36.0 Å². The van der Waals surface area contributed by atoms with Crippen LogP contribution in [-0.2, 0) is 0 Å². The maximum Gasteiger partial charge on any atom is 0.358 e. The number of aromatic carboxylic acids is 1. The SMILES string of the molecule is CSc1ccc(Oc2cccnc2C(=O)O)cc1. The minimum atomic E-state index is -1.11. The van der Waals surface area contributed by atoms with Gasteiger partial charge in [-0.3, -0.25) is 0 Å². The van der Waals surface area contributed by atoms with Crippen LogP contribution in [0.25, 0.3) is 0 Å². The van der Waals surface area contributed by atoms with Crippen molar-refractivity contribution < 1.29 is 14.6 Å². The van der Waals surface area contributed by atoms with Gasteiger partial charge in [-0.1, -0.05) is 0 Å². The van der Waals surface area contributed by atoms with E-state index >= 15 is 0 Å². The number of ether oxygens (including phenoxy) is 1. The molecular formula is C13H11NO3S. The number of hydrogen-bond acceptors (Lipinski definition) is 4. The number of carboxylic acids is 1. The molecule has 1 heterocycles. The summed E-state index contributed by atoms with van der Waals surface area (Å²) in [6.07, 6.45) is 3.41. The van der Waals surface area contributed by atoms with Gasteiger partial charge in [-0.15, -0.1) is 11.8 Å². The Kier molecular flexibility index (Phi) is 3.84. The Hall–Kier alpha value is -2.01. The molecule has 0 atom stereocenters. The van der Waals surface area contributed by atoms with Gasteiger partial charge in [0.1, 0.15) is 5.75 Å². The van der Waals surface area contributed by atoms with Crippen molar-refractivity contribution in [3.63, 3.8) is 0 Å². The Morgan fingerprint density at radius 1 is 1.28 bits per heavy atom. The first-order chi connectivity index (χ1) is 8.70. The summed E-state index contributed by atoms with van der Waals surface area (Å²) in [4.78, 5) is 15.9. The van der Waals surface area contributed by atoms with E-state index in [1.165, 1.54) is 6.20 Å². The van der Waals surface area contributed by atoms with E-state index in [1.807, 2.05) is 18.4 Å². The zero-order chi connectivity index (χ0) is 13.0. The summed E-state index contributed by atoms with van der Waals surface area (Å²) in [5, 5.41) is 8.98. The van der Waals surface area contributed by atoms with Crippen LogP contribution < -0.4 is 4.74 Å². The van der Waals surface area contributed by atoms with E-state index in [0.717, 1.165) is 4.90 Å². The number of hydrogen-bond donors (Lipinski definition) is 1. The van der Waals surface area contributed by atoms with Crippen molar-refractivity contribution >= 4 is 17.7 Å². The number of carboxylic acid groups (broad SMARTS) is 1. The lowest BCUT2D eigenvalue weighted by Crippen LogP contribution is -2.02. The fourth-order valence-corrected chi connectivity index (χ4v) is 1.81. The van der Waals surface area contributed by atoms with Crippen molar-refractivity contribution in [1.82, 2.24) is 4.98 Å². The highest BCUT2D eigenvalue weighted by atomic mass is 32.2. The van der Waals surface area contributed by atoms with Crippen LogP contribution in [0.3, 0.4) is 0 Å². The summed E-state index contributed by atoms with van der Waals surface area (Å²) >= 11 is 1.63. The number of rotatable bonds is 4. The van der Waals surface area contributed by atoms with Crippen LogP contribution in [0.4, 0.5) is 0 Å². The largest absolute Gasteiger partial charge is 0.476 e. The van der Waals surface area contributed by atoms with Crippen LogP contribution in [0.15, 0.2) is 47.5 Å². The van der Waals surface area contributed by atoms with Crippen molar-refractivity contribution in [3.05, 3.63) is 48.3 Å². The molecule has 0 aliphatic carbocycles. The normalized spacial score (nSPS) is 10.1. The highest BCUT2D eigenvalue weighted by Gasteiger charge is 2.12. The van der Waals surface area contributed by atoms with Gasteiger partial charge in [0.2, 0.25) is 0 Å². The number of nitrogens with zero attached hydrogens (tertiary/aromatic N) is 1. The number of thioether (sulfide) groups is 1. The van der Waals surface area contributed by atoms with Crippen molar-refractivity contribution in [2.24, 2.45) is 0 Å². The molecule has 2 rings (SSSR count). The highest BCUT2D eigenvalue weighted by Crippen LogP contribution is 2.25. The summed E-state index contributed by atoms with van der Waals surface area (Å²) in [5.74, 6) is -0.281. The van der Waals surface area contributed by atoms with Crippen molar-refractivity contribution in [2.75, 3.05) is 6.26 Å². The Bertz CT molecular complexity index is 554. The molecule has 92 valence electrons. The predicted octanol–water partition coefficient (Wildman–Crippen LogP) is 3.29. The molecule has 0 saturated heterocycles. The zero-order valence-electron chi connectivity index (χ0n) is 9.66. The lowest BCUT2D eigenvalue weighted by molar-refractivity contribution is 0.0687. The second-order valence-electron chi connectivity index (χ2n) is 3.43. The Morgan fingerprint density at radius 3 is 2.61 bits per heavy atom. The van der Waals surface area contributed by atoms with Gasteiger partial charge in [0.05, 0.1) is 0 Å². The third-order valence-electron chi connectivity index (χ3n) is 2.26. The molecule has 0 amide bonds. The molecule has 5 heteroatoms. The van der Waals surface area contributed by atoms with Crippen LogP contribution in [-0.4, -0.2) is 22.3 Å². The van der Waals surface area contributed by atoms with Gasteiger partial charge in [-0.25, -0.2) is 9.78 Å². The van der Waals surface area contributed by atoms with Gasteiger partial charge in [0, 0.05) is 11.1 Å². The molecular weight excluding hydrogens is 250 g/mol. The van der Waals surface area contributed by atoms with Crippen LogP contribution in [0.1, 0.15) is 10.5 Å². The molecule has 0 saturated carbocycles. The summed E-state index contributed by atoms with van der Waals surface area (Å²) in [5.41, 5.74) is -0.0913. The monoisotopic (exact) mass is 261 g/mol. The standard InChI is InChI=1S/C13H11NO3S/c1-18-10-6-4-9(5-7-10)17-11-3-2-8-14-12(11)13(15)16/h2-8H,1H3,(H,15,16). The van der Waals surface area contributed by atoms with Crippen LogP contribution in [0, 0.1) is 0 Å². The molecule has 0 bridgehead atoms. The first-order valence-electron chi connectivity index (χ1n) is 5.21. The van der Waals surface area contributed by atoms with Crippen molar-refractivity contribution in [1.29, 1.82) is 0 Å². The van der Waals surface area contributed by atoms with E-state index in [0.29, 0.717) is 5.75 Å². The molecule has 0 spiro atoms. The van der Waals surface area contributed by atoms with Crippen molar-refractivity contribution in [3.8, 4) is 11.5 Å². The van der Waals surface area contributed by atoms with Crippen LogP contribution in [0.2, 0.25) is 0 Å². The average Bonchev–Trinajstić information content (AvgIpc) is 2.40. The smallest absolute Gasteiger partial charge is 0.358 e. The van der Waals surface area contributed by atoms with Crippen LogP contribution >= 0.6 is 11.8 Å². The lowest BCUT2D eigenvalue weighted by atomic mass is 10.3. The second kappa shape index (κ2) is 5.55. The first kappa shape index (κ1) is 12.4. The van der Waals surface area contributed by atoms with Gasteiger partial charge in [-0.2, -0.15) is 0 Å². The number of carbonyl (C=O) groups is 1. The lowest BCUT2D eigenvalue weighted by Gasteiger charge is -2.07. The van der Waals surface area contributed by atoms with E-state index in [9.17, 15) is 4.79 Å². The number of pyridine rings is 1. The van der Waals surface area contributed by atoms with E-state index in [2.05, 4.69) is 4.98 Å². The fourth-order valence-electron chi connectivity index (χ4n) is 1.40. The molecule has 0 aliphatic rings. The topological polar surface area (TPSA) is 59.4 Å². The number of benzene rings is 1. The predicted molar refractivity (Wildman–Crippen MR) is 69.5 cm³/mol. The van der Waals surface area contributed by atoms with E-state index in [-0.39, 0.29) is 11.4 Å². The second-order valence-corrected chi connectivity index (χ2v) is 4.31. The summed E-state index contributed by atoms with van der Waals surface area (Å²) in [7, 11) is 0. The Balaban J connectivity index is 2.25. The Labute approximate surface area is 109 Å². The van der Waals surface area contributed by atoms with Gasteiger partial charge in [0.15, 0.2) is 11.4 Å². The molecule has 1 aromatic heterocycles. The van der Waals surface area contributed by atoms with E-state index in [4.69, 9.17) is 9.84 Å².